The molecule has 0 bridgehead atoms. The molecule has 25 heavy (non-hydrogen) atoms. The fourth-order valence-electron chi connectivity index (χ4n) is 2.90. The monoisotopic (exact) mass is 343 g/mol. The van der Waals surface area contributed by atoms with Gasteiger partial charge in [-0.05, 0) is 12.1 Å². The number of benzene rings is 1. The largest absolute Gasteiger partial charge is 0.493 e. The van der Waals surface area contributed by atoms with E-state index in [1.54, 1.807) is 17.0 Å². The first-order valence-electron chi connectivity index (χ1n) is 8.04. The molecule has 0 fully saturated rings. The van der Waals surface area contributed by atoms with Crippen molar-refractivity contribution in [2.24, 2.45) is 0 Å². The molecule has 1 aromatic heterocycles. The molecule has 0 radical (unpaired) electrons. The van der Waals surface area contributed by atoms with E-state index in [2.05, 4.69) is 9.97 Å². The third-order valence-corrected chi connectivity index (χ3v) is 4.22. The summed E-state index contributed by atoms with van der Waals surface area (Å²) < 4.78 is 16.0. The van der Waals surface area contributed by atoms with Crippen LogP contribution in [0, 0.1) is 0 Å². The number of hydrogen-bond donors (Lipinski definition) is 0. The summed E-state index contributed by atoms with van der Waals surface area (Å²) in [7, 11) is 4.58. The van der Waals surface area contributed by atoms with Gasteiger partial charge in [0.1, 0.15) is 5.82 Å². The molecule has 0 saturated carbocycles. The summed E-state index contributed by atoms with van der Waals surface area (Å²) in [4.78, 5) is 23.5. The standard InChI is InChI=1S/C18H21N3O4/c1-5-16-19-8-12-9-21(10-13(12)20-16)18(22)11-6-14(23-2)17(25-4)15(7-11)24-3/h6-8H,5,9-10H2,1-4H3. The van der Waals surface area contributed by atoms with Crippen molar-refractivity contribution < 1.29 is 19.0 Å². The number of fused-ring (bicyclic) bond motifs is 1. The summed E-state index contributed by atoms with van der Waals surface area (Å²) in [5.74, 6) is 2.05. The summed E-state index contributed by atoms with van der Waals surface area (Å²) in [5.41, 5.74) is 2.37. The number of hydrogen-bond acceptors (Lipinski definition) is 6. The molecule has 1 aliphatic heterocycles. The fourth-order valence-corrected chi connectivity index (χ4v) is 2.90. The zero-order valence-corrected chi connectivity index (χ0v) is 14.8. The Hall–Kier alpha value is -2.83. The molecule has 0 N–H and O–H groups in total. The minimum absolute atomic E-state index is 0.115. The van der Waals surface area contributed by atoms with E-state index in [9.17, 15) is 4.79 Å². The van der Waals surface area contributed by atoms with E-state index >= 15 is 0 Å². The van der Waals surface area contributed by atoms with Crippen LogP contribution in [0.4, 0.5) is 0 Å². The van der Waals surface area contributed by atoms with E-state index in [-0.39, 0.29) is 5.91 Å². The molecule has 0 saturated heterocycles. The highest BCUT2D eigenvalue weighted by Crippen LogP contribution is 2.38. The Balaban J connectivity index is 1.89. The van der Waals surface area contributed by atoms with E-state index in [0.717, 1.165) is 23.5 Å². The van der Waals surface area contributed by atoms with Crippen LogP contribution in [0.25, 0.3) is 0 Å². The molecule has 2 heterocycles. The molecule has 0 atom stereocenters. The number of rotatable bonds is 5. The molecule has 1 aliphatic rings. The van der Waals surface area contributed by atoms with Crippen LogP contribution in [0.15, 0.2) is 18.3 Å². The maximum absolute atomic E-state index is 12.9. The van der Waals surface area contributed by atoms with Crippen molar-refractivity contribution in [2.75, 3.05) is 21.3 Å². The highest BCUT2D eigenvalue weighted by molar-refractivity contribution is 5.96. The number of carbonyl (C=O) groups is 1. The first-order chi connectivity index (χ1) is 12.1. The molecular formula is C18H21N3O4. The van der Waals surface area contributed by atoms with Gasteiger partial charge in [0.05, 0.1) is 33.6 Å². The highest BCUT2D eigenvalue weighted by Gasteiger charge is 2.27. The van der Waals surface area contributed by atoms with Gasteiger partial charge in [0.25, 0.3) is 5.91 Å². The second-order valence-corrected chi connectivity index (χ2v) is 5.69. The van der Waals surface area contributed by atoms with Gasteiger partial charge in [-0.3, -0.25) is 4.79 Å². The van der Waals surface area contributed by atoms with Crippen molar-refractivity contribution in [1.29, 1.82) is 0 Å². The fraction of sp³-hybridized carbons (Fsp3) is 0.389. The summed E-state index contributed by atoms with van der Waals surface area (Å²) in [6.07, 6.45) is 2.58. The van der Waals surface area contributed by atoms with Crippen molar-refractivity contribution in [3.63, 3.8) is 0 Å². The summed E-state index contributed by atoms with van der Waals surface area (Å²) in [5, 5.41) is 0. The van der Waals surface area contributed by atoms with E-state index in [0.29, 0.717) is 35.9 Å². The van der Waals surface area contributed by atoms with Crippen LogP contribution in [0.2, 0.25) is 0 Å². The first-order valence-corrected chi connectivity index (χ1v) is 8.04. The minimum atomic E-state index is -0.115. The molecule has 7 heteroatoms. The van der Waals surface area contributed by atoms with Gasteiger partial charge in [-0.1, -0.05) is 6.92 Å². The number of nitrogens with zero attached hydrogens (tertiary/aromatic N) is 3. The van der Waals surface area contributed by atoms with Gasteiger partial charge in [-0.2, -0.15) is 0 Å². The Bertz CT molecular complexity index is 782. The van der Waals surface area contributed by atoms with Crippen LogP contribution in [0.5, 0.6) is 17.2 Å². The summed E-state index contributed by atoms with van der Waals surface area (Å²) in [6.45, 7) is 2.98. The normalized spacial score (nSPS) is 12.7. The van der Waals surface area contributed by atoms with Crippen LogP contribution < -0.4 is 14.2 Å². The van der Waals surface area contributed by atoms with Crippen molar-refractivity contribution >= 4 is 5.91 Å². The number of ether oxygens (including phenoxy) is 3. The second kappa shape index (κ2) is 6.96. The molecule has 1 aromatic carbocycles. The first kappa shape index (κ1) is 17.0. The van der Waals surface area contributed by atoms with Crippen molar-refractivity contribution in [3.8, 4) is 17.2 Å². The van der Waals surface area contributed by atoms with Gasteiger partial charge in [0.2, 0.25) is 5.75 Å². The van der Waals surface area contributed by atoms with Gasteiger partial charge >= 0.3 is 0 Å². The number of methoxy groups -OCH3 is 3. The molecule has 3 rings (SSSR count). The topological polar surface area (TPSA) is 73.8 Å². The Labute approximate surface area is 146 Å². The highest BCUT2D eigenvalue weighted by atomic mass is 16.5. The van der Waals surface area contributed by atoms with Crippen LogP contribution >= 0.6 is 0 Å². The molecular weight excluding hydrogens is 322 g/mol. The van der Waals surface area contributed by atoms with Crippen LogP contribution in [0.1, 0.15) is 34.4 Å². The zero-order valence-electron chi connectivity index (χ0n) is 14.8. The second-order valence-electron chi connectivity index (χ2n) is 5.69. The SMILES string of the molecule is CCc1ncc2c(n1)CN(C(=O)c1cc(OC)c(OC)c(OC)c1)C2. The molecule has 7 nitrogen and oxygen atoms in total. The third-order valence-electron chi connectivity index (χ3n) is 4.22. The molecule has 132 valence electrons. The van der Waals surface area contributed by atoms with Gasteiger partial charge in [-0.15, -0.1) is 0 Å². The lowest BCUT2D eigenvalue weighted by molar-refractivity contribution is 0.0749. The van der Waals surface area contributed by atoms with Crippen molar-refractivity contribution in [3.05, 3.63) is 41.0 Å². The lowest BCUT2D eigenvalue weighted by Gasteiger charge is -2.18. The average molecular weight is 343 g/mol. The number of carbonyl (C=O) groups excluding carboxylic acids is 1. The molecule has 1 amide bonds. The Kier molecular flexibility index (Phi) is 4.74. The van der Waals surface area contributed by atoms with Crippen molar-refractivity contribution in [2.45, 2.75) is 26.4 Å². The predicted octanol–water partition coefficient (Wildman–Crippen LogP) is 2.22. The number of aromatic nitrogens is 2. The summed E-state index contributed by atoms with van der Waals surface area (Å²) >= 11 is 0. The predicted molar refractivity (Wildman–Crippen MR) is 91.1 cm³/mol. The molecule has 0 spiro atoms. The minimum Gasteiger partial charge on any atom is -0.493 e. The molecule has 0 unspecified atom stereocenters. The lowest BCUT2D eigenvalue weighted by atomic mass is 10.1. The molecule has 0 aliphatic carbocycles. The average Bonchev–Trinajstić information content (AvgIpc) is 3.08. The lowest BCUT2D eigenvalue weighted by Crippen LogP contribution is -2.25. The maximum Gasteiger partial charge on any atom is 0.254 e. The van der Waals surface area contributed by atoms with Gasteiger partial charge in [0.15, 0.2) is 11.5 Å². The van der Waals surface area contributed by atoms with Gasteiger partial charge < -0.3 is 19.1 Å². The number of aryl methyl sites for hydroxylation is 1. The smallest absolute Gasteiger partial charge is 0.254 e. The Morgan fingerprint density at radius 1 is 1.12 bits per heavy atom. The van der Waals surface area contributed by atoms with Crippen molar-refractivity contribution in [1.82, 2.24) is 14.9 Å². The van der Waals surface area contributed by atoms with E-state index in [1.807, 2.05) is 13.1 Å². The molecule has 2 aromatic rings. The van der Waals surface area contributed by atoms with Gasteiger partial charge in [0, 0.05) is 30.3 Å². The van der Waals surface area contributed by atoms with E-state index < -0.39 is 0 Å². The van der Waals surface area contributed by atoms with E-state index in [1.165, 1.54) is 21.3 Å². The van der Waals surface area contributed by atoms with Crippen LogP contribution in [-0.2, 0) is 19.5 Å². The Morgan fingerprint density at radius 2 is 1.80 bits per heavy atom. The van der Waals surface area contributed by atoms with E-state index in [4.69, 9.17) is 14.2 Å². The Morgan fingerprint density at radius 3 is 2.36 bits per heavy atom. The number of amides is 1. The maximum atomic E-state index is 12.9. The van der Waals surface area contributed by atoms with Crippen LogP contribution in [-0.4, -0.2) is 42.1 Å². The third kappa shape index (κ3) is 3.09. The zero-order chi connectivity index (χ0) is 18.0. The summed E-state index contributed by atoms with van der Waals surface area (Å²) in [6, 6.07) is 3.33. The van der Waals surface area contributed by atoms with Crippen LogP contribution in [0.3, 0.4) is 0 Å². The van der Waals surface area contributed by atoms with Gasteiger partial charge in [-0.25, -0.2) is 9.97 Å². The quantitative estimate of drug-likeness (QED) is 0.829.